The Hall–Kier alpha value is -2.62. The summed E-state index contributed by atoms with van der Waals surface area (Å²) in [5.74, 6) is 0.505. The van der Waals surface area contributed by atoms with Gasteiger partial charge in [-0.1, -0.05) is 75.3 Å². The lowest BCUT2D eigenvalue weighted by molar-refractivity contribution is 0.396. The Labute approximate surface area is 187 Å². The van der Waals surface area contributed by atoms with E-state index < -0.39 is 6.99 Å². The number of rotatable bonds is 9. The molecule has 2 aromatic rings. The number of aromatic nitrogens is 1. The van der Waals surface area contributed by atoms with Crippen molar-refractivity contribution in [2.75, 3.05) is 4.90 Å². The molecule has 31 heavy (non-hydrogen) atoms. The molecule has 0 bridgehead atoms. The highest BCUT2D eigenvalue weighted by Gasteiger charge is 2.22. The molecule has 1 heterocycles. The van der Waals surface area contributed by atoms with Crippen molar-refractivity contribution in [2.45, 2.75) is 58.8 Å². The number of pyridine rings is 1. The lowest BCUT2D eigenvalue weighted by Crippen LogP contribution is -2.29. The lowest BCUT2D eigenvalue weighted by Gasteiger charge is -2.34. The molecule has 1 aromatic carbocycles. The minimum Gasteiger partial charge on any atom is -0.341 e. The zero-order valence-corrected chi connectivity index (χ0v) is 19.0. The molecule has 0 radical (unpaired) electrons. The molecule has 2 nitrogen and oxygen atoms in total. The molecule has 0 unspecified atom stereocenters. The largest absolute Gasteiger partial charge is 0.396 e. The van der Waals surface area contributed by atoms with Gasteiger partial charge in [0, 0.05) is 29.7 Å². The lowest BCUT2D eigenvalue weighted by atomic mass is 9.71. The Morgan fingerprint density at radius 2 is 1.97 bits per heavy atom. The number of hydrogen-bond donors (Lipinski definition) is 0. The molecule has 162 valence electrons. The molecule has 0 aliphatic heterocycles. The van der Waals surface area contributed by atoms with Crippen LogP contribution >= 0.6 is 0 Å². The second-order valence-electron chi connectivity index (χ2n) is 8.56. The van der Waals surface area contributed by atoms with Crippen molar-refractivity contribution in [2.24, 2.45) is 5.92 Å². The van der Waals surface area contributed by atoms with Crippen LogP contribution in [-0.4, -0.2) is 12.0 Å². The third-order valence-electron chi connectivity index (χ3n) is 6.17. The van der Waals surface area contributed by atoms with E-state index in [1.54, 1.807) is 12.3 Å². The first-order chi connectivity index (χ1) is 15.0. The number of hydrogen-bond acceptors (Lipinski definition) is 2. The van der Waals surface area contributed by atoms with Gasteiger partial charge in [-0.2, -0.15) is 0 Å². The van der Waals surface area contributed by atoms with Gasteiger partial charge in [-0.3, -0.25) is 4.98 Å². The molecule has 0 amide bonds. The van der Waals surface area contributed by atoms with Crippen molar-refractivity contribution in [1.29, 1.82) is 0 Å². The SMILES string of the molecule is C=C(/C=C/c1cccc(N(Cc2ccc(B(C)F)nc2)C(=C)C2CCCCC2)c1)CC. The van der Waals surface area contributed by atoms with E-state index in [1.165, 1.54) is 44.6 Å². The minimum atomic E-state index is -1.05. The van der Waals surface area contributed by atoms with Crippen LogP contribution < -0.4 is 10.5 Å². The highest BCUT2D eigenvalue weighted by molar-refractivity contribution is 6.64. The van der Waals surface area contributed by atoms with Crippen molar-refractivity contribution < 1.29 is 4.32 Å². The Morgan fingerprint density at radius 3 is 2.61 bits per heavy atom. The molecule has 4 heteroatoms. The van der Waals surface area contributed by atoms with E-state index in [0.717, 1.165) is 28.8 Å². The van der Waals surface area contributed by atoms with Crippen LogP contribution in [0, 0.1) is 5.92 Å². The molecule has 3 rings (SSSR count). The third kappa shape index (κ3) is 6.43. The second-order valence-corrected chi connectivity index (χ2v) is 8.56. The van der Waals surface area contributed by atoms with Gasteiger partial charge in [0.25, 0.3) is 0 Å². The molecule has 1 fully saturated rings. The maximum absolute atomic E-state index is 13.6. The Morgan fingerprint density at radius 1 is 1.19 bits per heavy atom. The topological polar surface area (TPSA) is 16.1 Å². The average molecular weight is 416 g/mol. The third-order valence-corrected chi connectivity index (χ3v) is 6.17. The summed E-state index contributed by atoms with van der Waals surface area (Å²) in [4.78, 5) is 6.64. The quantitative estimate of drug-likeness (QED) is 0.325. The summed E-state index contributed by atoms with van der Waals surface area (Å²) in [5.41, 5.74) is 6.09. The van der Waals surface area contributed by atoms with E-state index >= 15 is 0 Å². The van der Waals surface area contributed by atoms with Gasteiger partial charge < -0.3 is 9.22 Å². The summed E-state index contributed by atoms with van der Waals surface area (Å²) in [6.45, 7) is 11.9. The number of anilines is 1. The summed E-state index contributed by atoms with van der Waals surface area (Å²) < 4.78 is 13.6. The molecular weight excluding hydrogens is 382 g/mol. The van der Waals surface area contributed by atoms with Gasteiger partial charge in [-0.15, -0.1) is 0 Å². The maximum Gasteiger partial charge on any atom is 0.396 e. The van der Waals surface area contributed by atoms with E-state index in [1.807, 2.05) is 6.07 Å². The van der Waals surface area contributed by atoms with Crippen molar-refractivity contribution in [3.63, 3.8) is 0 Å². The van der Waals surface area contributed by atoms with Crippen molar-refractivity contribution in [3.05, 3.63) is 84.2 Å². The minimum absolute atomic E-state index is 0.477. The van der Waals surface area contributed by atoms with Crippen molar-refractivity contribution >= 4 is 24.3 Å². The van der Waals surface area contributed by atoms with Crippen LogP contribution in [0.5, 0.6) is 0 Å². The number of benzene rings is 1. The molecule has 0 spiro atoms. The zero-order chi connectivity index (χ0) is 22.2. The van der Waals surface area contributed by atoms with Crippen LogP contribution in [-0.2, 0) is 6.54 Å². The highest BCUT2D eigenvalue weighted by atomic mass is 19.1. The van der Waals surface area contributed by atoms with Crippen LogP contribution in [0.1, 0.15) is 56.6 Å². The summed E-state index contributed by atoms with van der Waals surface area (Å²) in [5, 5.41) is 0. The number of nitrogens with zero attached hydrogens (tertiary/aromatic N) is 2. The monoisotopic (exact) mass is 416 g/mol. The smallest absolute Gasteiger partial charge is 0.341 e. The Bertz CT molecular complexity index is 911. The summed E-state index contributed by atoms with van der Waals surface area (Å²) >= 11 is 0. The molecular formula is C27H34BFN2. The van der Waals surface area contributed by atoms with E-state index in [2.05, 4.69) is 66.4 Å². The molecule has 1 aliphatic rings. The van der Waals surface area contributed by atoms with Crippen LogP contribution in [0.3, 0.4) is 0 Å². The Kier molecular flexibility index (Phi) is 8.28. The number of halogens is 1. The average Bonchev–Trinajstić information content (AvgIpc) is 2.81. The molecule has 0 N–H and O–H groups in total. The molecule has 0 saturated heterocycles. The van der Waals surface area contributed by atoms with Crippen molar-refractivity contribution in [3.8, 4) is 0 Å². The van der Waals surface area contributed by atoms with E-state index in [-0.39, 0.29) is 0 Å². The van der Waals surface area contributed by atoms with E-state index in [9.17, 15) is 4.32 Å². The van der Waals surface area contributed by atoms with Gasteiger partial charge in [0.2, 0.25) is 0 Å². The summed E-state index contributed by atoms with van der Waals surface area (Å²) in [7, 11) is 0. The fraction of sp³-hybridized carbons (Fsp3) is 0.370. The first-order valence-corrected chi connectivity index (χ1v) is 11.5. The van der Waals surface area contributed by atoms with Crippen molar-refractivity contribution in [1.82, 2.24) is 4.98 Å². The fourth-order valence-electron chi connectivity index (χ4n) is 4.09. The first kappa shape index (κ1) is 23.1. The molecule has 1 saturated carbocycles. The normalized spacial score (nSPS) is 14.5. The van der Waals surface area contributed by atoms with Gasteiger partial charge in [-0.25, -0.2) is 0 Å². The van der Waals surface area contributed by atoms with Gasteiger partial charge in [0.1, 0.15) is 0 Å². The predicted molar refractivity (Wildman–Crippen MR) is 133 cm³/mol. The van der Waals surface area contributed by atoms with Gasteiger partial charge >= 0.3 is 6.99 Å². The molecule has 0 atom stereocenters. The number of allylic oxidation sites excluding steroid dienone is 3. The van der Waals surface area contributed by atoms with Crippen LogP contribution in [0.4, 0.5) is 10.0 Å². The van der Waals surface area contributed by atoms with E-state index in [4.69, 9.17) is 0 Å². The van der Waals surface area contributed by atoms with E-state index in [0.29, 0.717) is 18.1 Å². The van der Waals surface area contributed by atoms with Crippen LogP contribution in [0.25, 0.3) is 6.08 Å². The Balaban J connectivity index is 1.89. The predicted octanol–water partition coefficient (Wildman–Crippen LogP) is 6.96. The first-order valence-electron chi connectivity index (χ1n) is 11.5. The zero-order valence-electron chi connectivity index (χ0n) is 19.0. The molecule has 1 aliphatic carbocycles. The standard InChI is InChI=1S/C27H34BFN2/c1-5-21(2)14-15-23-10-9-13-26(18-23)31(22(3)25-11-7-6-8-12-25)20-24-16-17-27(28(4)29)30-19-24/h9-10,13-19,25H,2-3,5-8,11-12,20H2,1,4H3/b15-14+. The summed E-state index contributed by atoms with van der Waals surface area (Å²) in [6, 6.07) is 12.3. The molecule has 1 aromatic heterocycles. The van der Waals surface area contributed by atoms with Gasteiger partial charge in [0.05, 0.1) is 0 Å². The van der Waals surface area contributed by atoms with Gasteiger partial charge in [0.15, 0.2) is 0 Å². The summed E-state index contributed by atoms with van der Waals surface area (Å²) in [6.07, 6.45) is 13.2. The fourth-order valence-corrected chi connectivity index (χ4v) is 4.09. The van der Waals surface area contributed by atoms with Crippen LogP contribution in [0.15, 0.2) is 73.1 Å². The van der Waals surface area contributed by atoms with Crippen LogP contribution in [0.2, 0.25) is 6.82 Å². The maximum atomic E-state index is 13.6. The highest BCUT2D eigenvalue weighted by Crippen LogP contribution is 2.34. The van der Waals surface area contributed by atoms with Gasteiger partial charge in [-0.05, 0) is 61.3 Å². The second kappa shape index (κ2) is 11.1.